The van der Waals surface area contributed by atoms with Crippen molar-refractivity contribution in [3.63, 3.8) is 0 Å². The summed E-state index contributed by atoms with van der Waals surface area (Å²) >= 11 is 0. The number of allylic oxidation sites excluding steroid dienone is 10. The van der Waals surface area contributed by atoms with Gasteiger partial charge in [0.2, 0.25) is 0 Å². The van der Waals surface area contributed by atoms with Gasteiger partial charge in [-0.05, 0) is 83.5 Å². The minimum Gasteiger partial charge on any atom is -0.462 e. The molecule has 0 aliphatic carbocycles. The maximum atomic E-state index is 12.7. The molecule has 1 atom stereocenters. The highest BCUT2D eigenvalue weighted by Gasteiger charge is 2.19. The third-order valence-electron chi connectivity index (χ3n) is 13.3. The highest BCUT2D eigenvalue weighted by atomic mass is 16.6. The summed E-state index contributed by atoms with van der Waals surface area (Å²) in [5, 5.41) is 0. The van der Waals surface area contributed by atoms with Crippen molar-refractivity contribution in [3.8, 4) is 0 Å². The smallest absolute Gasteiger partial charge is 0.306 e. The molecule has 406 valence electrons. The zero-order valence-corrected chi connectivity index (χ0v) is 46.5. The van der Waals surface area contributed by atoms with Crippen molar-refractivity contribution in [2.75, 3.05) is 13.2 Å². The Bertz CT molecular complexity index is 1260. The second-order valence-corrected chi connectivity index (χ2v) is 20.2. The normalized spacial score (nSPS) is 12.4. The molecule has 0 aliphatic rings. The van der Waals surface area contributed by atoms with E-state index in [4.69, 9.17) is 14.2 Å². The average molecular weight is 980 g/mol. The van der Waals surface area contributed by atoms with Crippen LogP contribution in [0.4, 0.5) is 0 Å². The van der Waals surface area contributed by atoms with E-state index in [1.807, 2.05) is 0 Å². The summed E-state index contributed by atoms with van der Waals surface area (Å²) in [4.78, 5) is 37.8. The van der Waals surface area contributed by atoms with Gasteiger partial charge in [-0.25, -0.2) is 0 Å². The standard InChI is InChI=1S/C64H114O6/c1-4-7-10-13-16-18-20-22-23-24-25-26-27-28-29-30-31-32-33-34-35-36-37-38-39-40-41-43-44-46-48-51-54-57-63(66)69-60-61(59-68-62(65)56-53-50-15-12-9-6-3)70-64(67)58-55-52-49-47-45-42-21-19-17-14-11-8-5-2/h8,11,17,19-20,22,24-25,42,45,61H,4-7,9-10,12-16,18,21,23,26-41,43-44,46-60H2,1-3H3/b11-8-,19-17-,22-20-,25-24-,45-42-. The number of rotatable bonds is 55. The first kappa shape index (κ1) is 67.1. The molecule has 0 fully saturated rings. The number of hydrogen-bond donors (Lipinski definition) is 0. The van der Waals surface area contributed by atoms with Crippen LogP contribution in [0.3, 0.4) is 0 Å². The van der Waals surface area contributed by atoms with Gasteiger partial charge in [-0.2, -0.15) is 0 Å². The van der Waals surface area contributed by atoms with Crippen LogP contribution in [0.25, 0.3) is 0 Å². The number of hydrogen-bond acceptors (Lipinski definition) is 6. The van der Waals surface area contributed by atoms with Crippen molar-refractivity contribution >= 4 is 17.9 Å². The molecular formula is C64H114O6. The van der Waals surface area contributed by atoms with Gasteiger partial charge < -0.3 is 14.2 Å². The molecule has 6 heteroatoms. The molecule has 0 aromatic heterocycles. The van der Waals surface area contributed by atoms with E-state index in [0.29, 0.717) is 19.3 Å². The van der Waals surface area contributed by atoms with Crippen molar-refractivity contribution < 1.29 is 28.6 Å². The van der Waals surface area contributed by atoms with Crippen molar-refractivity contribution in [1.82, 2.24) is 0 Å². The molecule has 0 saturated heterocycles. The van der Waals surface area contributed by atoms with Crippen LogP contribution < -0.4 is 0 Å². The number of unbranched alkanes of at least 4 members (excludes halogenated alkanes) is 34. The van der Waals surface area contributed by atoms with Crippen LogP contribution >= 0.6 is 0 Å². The minimum absolute atomic E-state index is 0.0831. The lowest BCUT2D eigenvalue weighted by Gasteiger charge is -2.18. The summed E-state index contributed by atoms with van der Waals surface area (Å²) in [6.07, 6.45) is 74.3. The van der Waals surface area contributed by atoms with E-state index in [1.165, 1.54) is 180 Å². The fourth-order valence-corrected chi connectivity index (χ4v) is 8.72. The Morgan fingerprint density at radius 2 is 0.557 bits per heavy atom. The maximum Gasteiger partial charge on any atom is 0.306 e. The number of esters is 3. The van der Waals surface area contributed by atoms with Gasteiger partial charge in [-0.15, -0.1) is 0 Å². The predicted molar refractivity (Wildman–Crippen MR) is 302 cm³/mol. The van der Waals surface area contributed by atoms with Crippen molar-refractivity contribution in [2.45, 2.75) is 316 Å². The highest BCUT2D eigenvalue weighted by molar-refractivity contribution is 5.71. The van der Waals surface area contributed by atoms with E-state index in [0.717, 1.165) is 89.9 Å². The fraction of sp³-hybridized carbons (Fsp3) is 0.797. The highest BCUT2D eigenvalue weighted by Crippen LogP contribution is 2.17. The zero-order valence-electron chi connectivity index (χ0n) is 46.5. The average Bonchev–Trinajstić information content (AvgIpc) is 3.36. The van der Waals surface area contributed by atoms with E-state index in [1.54, 1.807) is 0 Å². The van der Waals surface area contributed by atoms with E-state index in [9.17, 15) is 14.4 Å². The molecule has 0 aliphatic heterocycles. The summed E-state index contributed by atoms with van der Waals surface area (Å²) in [6, 6.07) is 0. The summed E-state index contributed by atoms with van der Waals surface area (Å²) in [6.45, 7) is 6.45. The van der Waals surface area contributed by atoms with Gasteiger partial charge in [0.1, 0.15) is 13.2 Å². The summed E-state index contributed by atoms with van der Waals surface area (Å²) in [7, 11) is 0. The molecule has 1 unspecified atom stereocenters. The first-order chi connectivity index (χ1) is 34.5. The monoisotopic (exact) mass is 979 g/mol. The minimum atomic E-state index is -0.783. The molecule has 6 nitrogen and oxygen atoms in total. The molecule has 0 bridgehead atoms. The zero-order chi connectivity index (χ0) is 50.7. The number of ether oxygens (including phenoxy) is 3. The topological polar surface area (TPSA) is 78.9 Å². The van der Waals surface area contributed by atoms with Crippen LogP contribution in [-0.2, 0) is 28.6 Å². The number of carbonyl (C=O) groups excluding carboxylic acids is 3. The lowest BCUT2D eigenvalue weighted by Crippen LogP contribution is -2.30. The molecule has 0 radical (unpaired) electrons. The third-order valence-corrected chi connectivity index (χ3v) is 13.3. The van der Waals surface area contributed by atoms with E-state index >= 15 is 0 Å². The van der Waals surface area contributed by atoms with Crippen LogP contribution in [0.5, 0.6) is 0 Å². The molecular weight excluding hydrogens is 865 g/mol. The molecule has 70 heavy (non-hydrogen) atoms. The lowest BCUT2D eigenvalue weighted by atomic mass is 10.0. The summed E-state index contributed by atoms with van der Waals surface area (Å²) < 4.78 is 16.7. The molecule has 0 N–H and O–H groups in total. The quantitative estimate of drug-likeness (QED) is 0.0261. The van der Waals surface area contributed by atoms with Gasteiger partial charge in [0.15, 0.2) is 6.10 Å². The summed E-state index contributed by atoms with van der Waals surface area (Å²) in [5.74, 6) is -0.913. The van der Waals surface area contributed by atoms with Crippen molar-refractivity contribution in [2.24, 2.45) is 0 Å². The van der Waals surface area contributed by atoms with Crippen LogP contribution in [0.2, 0.25) is 0 Å². The Morgan fingerprint density at radius 1 is 0.300 bits per heavy atom. The lowest BCUT2D eigenvalue weighted by molar-refractivity contribution is -0.167. The summed E-state index contributed by atoms with van der Waals surface area (Å²) in [5.41, 5.74) is 0. The van der Waals surface area contributed by atoms with E-state index < -0.39 is 6.10 Å². The number of carbonyl (C=O) groups is 3. The molecule has 0 saturated carbocycles. The van der Waals surface area contributed by atoms with Gasteiger partial charge in [0, 0.05) is 19.3 Å². The SMILES string of the molecule is CC/C=C\C/C=C\C/C=C\CCCCCC(=O)OC(COC(=O)CCCCCCCC)COC(=O)CCCCCCCCCCCCCCCCCCCCCCC/C=C\C/C=C\CCCCCCC. The first-order valence-electron chi connectivity index (χ1n) is 30.3. The molecule has 0 heterocycles. The van der Waals surface area contributed by atoms with Crippen LogP contribution in [-0.4, -0.2) is 37.2 Å². The third kappa shape index (κ3) is 56.0. The molecule has 0 spiro atoms. The Kier molecular flexibility index (Phi) is 56.3. The van der Waals surface area contributed by atoms with Gasteiger partial charge in [-0.1, -0.05) is 268 Å². The Balaban J connectivity index is 3.92. The second-order valence-electron chi connectivity index (χ2n) is 20.2. The molecule has 0 amide bonds. The van der Waals surface area contributed by atoms with Crippen LogP contribution in [0.15, 0.2) is 60.8 Å². The molecule has 0 rings (SSSR count). The van der Waals surface area contributed by atoms with Gasteiger partial charge in [0.05, 0.1) is 0 Å². The largest absolute Gasteiger partial charge is 0.462 e. The Labute approximate surface area is 434 Å². The fourth-order valence-electron chi connectivity index (χ4n) is 8.72. The maximum absolute atomic E-state index is 12.7. The Morgan fingerprint density at radius 3 is 0.886 bits per heavy atom. The molecule has 0 aromatic rings. The first-order valence-corrected chi connectivity index (χ1v) is 30.3. The Hall–Kier alpha value is -2.89. The van der Waals surface area contributed by atoms with E-state index in [2.05, 4.69) is 81.5 Å². The van der Waals surface area contributed by atoms with Gasteiger partial charge in [0.25, 0.3) is 0 Å². The van der Waals surface area contributed by atoms with Gasteiger partial charge >= 0.3 is 17.9 Å². The molecule has 0 aromatic carbocycles. The van der Waals surface area contributed by atoms with Gasteiger partial charge in [-0.3, -0.25) is 14.4 Å². The second kappa shape index (κ2) is 58.7. The van der Waals surface area contributed by atoms with E-state index in [-0.39, 0.29) is 31.1 Å². The van der Waals surface area contributed by atoms with Crippen LogP contribution in [0.1, 0.15) is 310 Å². The van der Waals surface area contributed by atoms with Crippen molar-refractivity contribution in [1.29, 1.82) is 0 Å². The predicted octanol–water partition coefficient (Wildman–Crippen LogP) is 20.4. The van der Waals surface area contributed by atoms with Crippen LogP contribution in [0, 0.1) is 0 Å². The van der Waals surface area contributed by atoms with Crippen molar-refractivity contribution in [3.05, 3.63) is 60.8 Å².